The lowest BCUT2D eigenvalue weighted by Crippen LogP contribution is -2.05. The van der Waals surface area contributed by atoms with E-state index in [1.807, 2.05) is 50.2 Å². The van der Waals surface area contributed by atoms with Gasteiger partial charge in [0.15, 0.2) is 5.82 Å². The summed E-state index contributed by atoms with van der Waals surface area (Å²) in [6, 6.07) is 16.8. The molecule has 26 heavy (non-hydrogen) atoms. The van der Waals surface area contributed by atoms with Crippen LogP contribution in [0, 0.1) is 11.3 Å². The second-order valence-electron chi connectivity index (χ2n) is 5.76. The molecule has 130 valence electrons. The standard InChI is InChI=1S/C19H18N6O/c1-13(2)26-16-9-7-15(8-10-16)22-19-24-18(12-21-25-19)23-17-6-4-3-5-14(17)11-20/h3-10,12-13H,1-2H3,(H2,22,23,24,25). The molecule has 0 fully saturated rings. The van der Waals surface area contributed by atoms with E-state index < -0.39 is 0 Å². The van der Waals surface area contributed by atoms with Gasteiger partial charge in [-0.1, -0.05) is 12.1 Å². The fraction of sp³-hybridized carbons (Fsp3) is 0.158. The predicted octanol–water partition coefficient (Wildman–Crippen LogP) is 4.02. The number of benzene rings is 2. The van der Waals surface area contributed by atoms with E-state index in [4.69, 9.17) is 10.00 Å². The van der Waals surface area contributed by atoms with Crippen LogP contribution in [0.1, 0.15) is 19.4 Å². The number of ether oxygens (including phenoxy) is 1. The van der Waals surface area contributed by atoms with Gasteiger partial charge in [-0.2, -0.15) is 15.3 Å². The highest BCUT2D eigenvalue weighted by Crippen LogP contribution is 2.21. The van der Waals surface area contributed by atoms with Crippen molar-refractivity contribution in [2.45, 2.75) is 20.0 Å². The Bertz CT molecular complexity index is 918. The van der Waals surface area contributed by atoms with Crippen LogP contribution >= 0.6 is 0 Å². The molecule has 0 spiro atoms. The summed E-state index contributed by atoms with van der Waals surface area (Å²) >= 11 is 0. The highest BCUT2D eigenvalue weighted by atomic mass is 16.5. The molecule has 0 unspecified atom stereocenters. The first-order valence-electron chi connectivity index (χ1n) is 8.13. The SMILES string of the molecule is CC(C)Oc1ccc(Nc2nncc(Nc3ccccc3C#N)n2)cc1. The van der Waals surface area contributed by atoms with Crippen LogP contribution in [0.2, 0.25) is 0 Å². The van der Waals surface area contributed by atoms with Crippen LogP contribution in [0.3, 0.4) is 0 Å². The highest BCUT2D eigenvalue weighted by Gasteiger charge is 2.05. The van der Waals surface area contributed by atoms with Crippen molar-refractivity contribution in [1.82, 2.24) is 15.2 Å². The van der Waals surface area contributed by atoms with E-state index in [2.05, 4.69) is 31.9 Å². The first-order chi connectivity index (χ1) is 12.6. The molecular formula is C19H18N6O. The van der Waals surface area contributed by atoms with Crippen LogP contribution in [-0.2, 0) is 0 Å². The molecular weight excluding hydrogens is 328 g/mol. The minimum absolute atomic E-state index is 0.125. The first kappa shape index (κ1) is 17.2. The van der Waals surface area contributed by atoms with Crippen LogP contribution in [0.15, 0.2) is 54.7 Å². The van der Waals surface area contributed by atoms with E-state index in [1.54, 1.807) is 12.1 Å². The molecule has 0 radical (unpaired) electrons. The topological polar surface area (TPSA) is 95.8 Å². The molecule has 0 amide bonds. The minimum atomic E-state index is 0.125. The Labute approximate surface area is 151 Å². The Hall–Kier alpha value is -3.66. The van der Waals surface area contributed by atoms with Crippen LogP contribution in [0.25, 0.3) is 0 Å². The van der Waals surface area contributed by atoms with Gasteiger partial charge in [-0.25, -0.2) is 0 Å². The van der Waals surface area contributed by atoms with E-state index in [0.29, 0.717) is 23.0 Å². The van der Waals surface area contributed by atoms with Crippen molar-refractivity contribution in [3.63, 3.8) is 0 Å². The van der Waals surface area contributed by atoms with Gasteiger partial charge in [-0.05, 0) is 50.2 Å². The zero-order valence-corrected chi connectivity index (χ0v) is 14.5. The van der Waals surface area contributed by atoms with Gasteiger partial charge in [0.1, 0.15) is 11.8 Å². The molecule has 3 rings (SSSR count). The van der Waals surface area contributed by atoms with Gasteiger partial charge in [0.2, 0.25) is 5.95 Å². The molecule has 0 saturated heterocycles. The lowest BCUT2D eigenvalue weighted by Gasteiger charge is -2.11. The first-order valence-corrected chi connectivity index (χ1v) is 8.13. The third-order valence-corrected chi connectivity index (χ3v) is 3.35. The highest BCUT2D eigenvalue weighted by molar-refractivity contribution is 5.64. The van der Waals surface area contributed by atoms with Crippen molar-refractivity contribution in [1.29, 1.82) is 5.26 Å². The minimum Gasteiger partial charge on any atom is -0.491 e. The Kier molecular flexibility index (Phi) is 5.25. The summed E-state index contributed by atoms with van der Waals surface area (Å²) in [4.78, 5) is 4.37. The summed E-state index contributed by atoms with van der Waals surface area (Å²) in [7, 11) is 0. The van der Waals surface area contributed by atoms with Gasteiger partial charge < -0.3 is 15.4 Å². The molecule has 0 saturated carbocycles. The Balaban J connectivity index is 1.72. The third-order valence-electron chi connectivity index (χ3n) is 3.35. The number of rotatable bonds is 6. The van der Waals surface area contributed by atoms with Crippen molar-refractivity contribution in [3.8, 4) is 11.8 Å². The van der Waals surface area contributed by atoms with Gasteiger partial charge in [-0.3, -0.25) is 0 Å². The zero-order valence-electron chi connectivity index (χ0n) is 14.5. The van der Waals surface area contributed by atoms with Gasteiger partial charge in [0, 0.05) is 5.69 Å². The van der Waals surface area contributed by atoms with E-state index in [-0.39, 0.29) is 6.10 Å². The van der Waals surface area contributed by atoms with Gasteiger partial charge in [0.25, 0.3) is 0 Å². The normalized spacial score (nSPS) is 10.2. The number of anilines is 4. The Morgan fingerprint density at radius 1 is 1.04 bits per heavy atom. The summed E-state index contributed by atoms with van der Waals surface area (Å²) in [5, 5.41) is 23.3. The number of aromatic nitrogens is 3. The van der Waals surface area contributed by atoms with E-state index in [0.717, 1.165) is 11.4 Å². The van der Waals surface area contributed by atoms with Crippen molar-refractivity contribution in [2.75, 3.05) is 10.6 Å². The van der Waals surface area contributed by atoms with Crippen molar-refractivity contribution in [3.05, 3.63) is 60.3 Å². The average Bonchev–Trinajstić information content (AvgIpc) is 2.64. The summed E-state index contributed by atoms with van der Waals surface area (Å²) in [5.41, 5.74) is 2.01. The van der Waals surface area contributed by atoms with Gasteiger partial charge >= 0.3 is 0 Å². The fourth-order valence-electron chi connectivity index (χ4n) is 2.26. The van der Waals surface area contributed by atoms with Crippen LogP contribution in [0.5, 0.6) is 5.75 Å². The molecule has 1 heterocycles. The Morgan fingerprint density at radius 3 is 2.54 bits per heavy atom. The van der Waals surface area contributed by atoms with E-state index >= 15 is 0 Å². The summed E-state index contributed by atoms with van der Waals surface area (Å²) in [6.07, 6.45) is 1.62. The maximum absolute atomic E-state index is 9.16. The smallest absolute Gasteiger partial charge is 0.249 e. The van der Waals surface area contributed by atoms with Crippen molar-refractivity contribution < 1.29 is 4.74 Å². The number of nitriles is 1. The third kappa shape index (κ3) is 4.45. The largest absolute Gasteiger partial charge is 0.491 e. The van der Waals surface area contributed by atoms with Crippen LogP contribution in [0.4, 0.5) is 23.1 Å². The van der Waals surface area contributed by atoms with E-state index in [1.165, 1.54) is 6.20 Å². The van der Waals surface area contributed by atoms with Crippen molar-refractivity contribution >= 4 is 23.1 Å². The summed E-state index contributed by atoms with van der Waals surface area (Å²) < 4.78 is 5.62. The quantitative estimate of drug-likeness (QED) is 0.696. The average molecular weight is 346 g/mol. The second kappa shape index (κ2) is 7.94. The second-order valence-corrected chi connectivity index (χ2v) is 5.76. The number of hydrogen-bond donors (Lipinski definition) is 2. The van der Waals surface area contributed by atoms with Crippen LogP contribution < -0.4 is 15.4 Å². The van der Waals surface area contributed by atoms with Gasteiger partial charge in [-0.15, -0.1) is 5.10 Å². The number of para-hydroxylation sites is 1. The fourth-order valence-corrected chi connectivity index (χ4v) is 2.26. The molecule has 2 N–H and O–H groups in total. The monoisotopic (exact) mass is 346 g/mol. The zero-order chi connectivity index (χ0) is 18.4. The van der Waals surface area contributed by atoms with Crippen molar-refractivity contribution in [2.24, 2.45) is 0 Å². The lowest BCUT2D eigenvalue weighted by molar-refractivity contribution is 0.242. The number of hydrogen-bond acceptors (Lipinski definition) is 7. The molecule has 0 aliphatic rings. The molecule has 2 aromatic carbocycles. The molecule has 7 heteroatoms. The molecule has 0 aliphatic heterocycles. The maximum atomic E-state index is 9.16. The molecule has 3 aromatic rings. The van der Waals surface area contributed by atoms with Gasteiger partial charge in [0.05, 0.1) is 23.6 Å². The molecule has 0 bridgehead atoms. The predicted molar refractivity (Wildman–Crippen MR) is 99.8 cm³/mol. The number of nitrogens with zero attached hydrogens (tertiary/aromatic N) is 4. The summed E-state index contributed by atoms with van der Waals surface area (Å²) in [6.45, 7) is 3.96. The lowest BCUT2D eigenvalue weighted by atomic mass is 10.2. The molecule has 1 aromatic heterocycles. The Morgan fingerprint density at radius 2 is 1.81 bits per heavy atom. The van der Waals surface area contributed by atoms with E-state index in [9.17, 15) is 0 Å². The summed E-state index contributed by atoms with van der Waals surface area (Å²) in [5.74, 6) is 1.64. The molecule has 0 aliphatic carbocycles. The number of nitrogens with one attached hydrogen (secondary N) is 2. The maximum Gasteiger partial charge on any atom is 0.249 e. The van der Waals surface area contributed by atoms with Crippen LogP contribution in [-0.4, -0.2) is 21.3 Å². The molecule has 0 atom stereocenters. The molecule has 7 nitrogen and oxygen atoms in total.